The minimum absolute atomic E-state index is 0.300. The van der Waals surface area contributed by atoms with Gasteiger partial charge in [-0.15, -0.1) is 11.3 Å². The molecule has 2 unspecified atom stereocenters. The number of aliphatic hydroxyl groups is 1. The van der Waals surface area contributed by atoms with E-state index in [1.165, 1.54) is 16.9 Å². The number of rotatable bonds is 2. The van der Waals surface area contributed by atoms with Gasteiger partial charge in [0, 0.05) is 23.4 Å². The van der Waals surface area contributed by atoms with Gasteiger partial charge in [-0.3, -0.25) is 0 Å². The summed E-state index contributed by atoms with van der Waals surface area (Å²) in [5.74, 6) is 0.404. The van der Waals surface area contributed by atoms with Gasteiger partial charge in [0.2, 0.25) is 0 Å². The van der Waals surface area contributed by atoms with E-state index in [-0.39, 0.29) is 0 Å². The second kappa shape index (κ2) is 4.43. The lowest BCUT2D eigenvalue weighted by molar-refractivity contribution is 0.161. The molecule has 1 aromatic heterocycles. The summed E-state index contributed by atoms with van der Waals surface area (Å²) in [5.41, 5.74) is 1.33. The molecule has 2 atom stereocenters. The van der Waals surface area contributed by atoms with Gasteiger partial charge in [0.05, 0.1) is 0 Å². The van der Waals surface area contributed by atoms with Crippen LogP contribution in [-0.2, 0) is 0 Å². The minimum atomic E-state index is 0.300. The number of hydrogen-bond donors (Lipinski definition) is 2. The van der Waals surface area contributed by atoms with Crippen molar-refractivity contribution in [3.05, 3.63) is 21.9 Å². The first-order valence-electron chi connectivity index (χ1n) is 5.20. The summed E-state index contributed by atoms with van der Waals surface area (Å²) >= 11 is 1.80. The lowest BCUT2D eigenvalue weighted by atomic mass is 9.90. The Hall–Kier alpha value is -0.380. The van der Waals surface area contributed by atoms with Gasteiger partial charge in [0.15, 0.2) is 0 Å². The standard InChI is InChI=1S/C11H17NOS/c1-8-5-10(14-7-8)11-9(6-13)3-2-4-12-11/h5,7,9,11-13H,2-4,6H2,1H3. The van der Waals surface area contributed by atoms with E-state index in [0.29, 0.717) is 18.6 Å². The summed E-state index contributed by atoms with van der Waals surface area (Å²) < 4.78 is 0. The zero-order valence-electron chi connectivity index (χ0n) is 8.49. The fourth-order valence-corrected chi connectivity index (χ4v) is 3.17. The molecular weight excluding hydrogens is 194 g/mol. The summed E-state index contributed by atoms with van der Waals surface area (Å²) in [6, 6.07) is 2.61. The number of aliphatic hydroxyl groups excluding tert-OH is 1. The largest absolute Gasteiger partial charge is 0.396 e. The van der Waals surface area contributed by atoms with Crippen LogP contribution in [0.25, 0.3) is 0 Å². The second-order valence-electron chi connectivity index (χ2n) is 4.04. The number of piperidine rings is 1. The van der Waals surface area contributed by atoms with Gasteiger partial charge in [-0.1, -0.05) is 0 Å². The van der Waals surface area contributed by atoms with Crippen molar-refractivity contribution in [1.29, 1.82) is 0 Å². The third-order valence-electron chi connectivity index (χ3n) is 2.88. The van der Waals surface area contributed by atoms with Gasteiger partial charge in [-0.25, -0.2) is 0 Å². The summed E-state index contributed by atoms with van der Waals surface area (Å²) in [7, 11) is 0. The first-order valence-corrected chi connectivity index (χ1v) is 6.08. The van der Waals surface area contributed by atoms with Crippen LogP contribution < -0.4 is 5.32 Å². The van der Waals surface area contributed by atoms with Crippen molar-refractivity contribution in [2.45, 2.75) is 25.8 Å². The topological polar surface area (TPSA) is 32.3 Å². The molecule has 0 aromatic carbocycles. The highest BCUT2D eigenvalue weighted by molar-refractivity contribution is 7.10. The first-order chi connectivity index (χ1) is 6.81. The van der Waals surface area contributed by atoms with Gasteiger partial charge in [-0.2, -0.15) is 0 Å². The van der Waals surface area contributed by atoms with Crippen molar-refractivity contribution >= 4 is 11.3 Å². The number of nitrogens with one attached hydrogen (secondary N) is 1. The molecular formula is C11H17NOS. The maximum atomic E-state index is 9.29. The SMILES string of the molecule is Cc1csc(C2NCCCC2CO)c1. The van der Waals surface area contributed by atoms with Gasteiger partial charge < -0.3 is 10.4 Å². The highest BCUT2D eigenvalue weighted by atomic mass is 32.1. The Morgan fingerprint density at radius 3 is 3.14 bits per heavy atom. The van der Waals surface area contributed by atoms with Gasteiger partial charge in [0.25, 0.3) is 0 Å². The molecule has 0 bridgehead atoms. The molecule has 2 rings (SSSR count). The Kier molecular flexibility index (Phi) is 3.21. The van der Waals surface area contributed by atoms with Gasteiger partial charge in [-0.05, 0) is 43.3 Å². The zero-order chi connectivity index (χ0) is 9.97. The summed E-state index contributed by atoms with van der Waals surface area (Å²) in [5, 5.41) is 15.0. The lowest BCUT2D eigenvalue weighted by Gasteiger charge is -2.30. The van der Waals surface area contributed by atoms with Crippen LogP contribution in [0.2, 0.25) is 0 Å². The molecule has 1 saturated heterocycles. The van der Waals surface area contributed by atoms with E-state index in [9.17, 15) is 5.11 Å². The van der Waals surface area contributed by atoms with Crippen LogP contribution in [0.1, 0.15) is 29.3 Å². The molecule has 1 aliphatic heterocycles. The summed E-state index contributed by atoms with van der Waals surface area (Å²) in [6.07, 6.45) is 2.33. The molecule has 0 saturated carbocycles. The van der Waals surface area contributed by atoms with Crippen molar-refractivity contribution < 1.29 is 5.11 Å². The summed E-state index contributed by atoms with van der Waals surface area (Å²) in [6.45, 7) is 3.50. The van der Waals surface area contributed by atoms with Crippen LogP contribution in [0.3, 0.4) is 0 Å². The van der Waals surface area contributed by atoms with Crippen molar-refractivity contribution in [2.75, 3.05) is 13.2 Å². The van der Waals surface area contributed by atoms with Crippen LogP contribution in [0.4, 0.5) is 0 Å². The Labute approximate surface area is 89.0 Å². The monoisotopic (exact) mass is 211 g/mol. The average molecular weight is 211 g/mol. The second-order valence-corrected chi connectivity index (χ2v) is 4.99. The smallest absolute Gasteiger partial charge is 0.0477 e. The van der Waals surface area contributed by atoms with E-state index in [4.69, 9.17) is 0 Å². The molecule has 1 aliphatic rings. The maximum Gasteiger partial charge on any atom is 0.0477 e. The minimum Gasteiger partial charge on any atom is -0.396 e. The van der Waals surface area contributed by atoms with Crippen LogP contribution >= 0.6 is 11.3 Å². The van der Waals surface area contributed by atoms with Crippen molar-refractivity contribution in [3.8, 4) is 0 Å². The van der Waals surface area contributed by atoms with E-state index in [0.717, 1.165) is 13.0 Å². The predicted octanol–water partition coefficient (Wildman–Crippen LogP) is 2.09. The van der Waals surface area contributed by atoms with Crippen LogP contribution in [0.5, 0.6) is 0 Å². The van der Waals surface area contributed by atoms with E-state index < -0.39 is 0 Å². The van der Waals surface area contributed by atoms with E-state index >= 15 is 0 Å². The Morgan fingerprint density at radius 2 is 2.50 bits per heavy atom. The Balaban J connectivity index is 2.14. The van der Waals surface area contributed by atoms with E-state index in [2.05, 4.69) is 23.7 Å². The van der Waals surface area contributed by atoms with Crippen molar-refractivity contribution in [3.63, 3.8) is 0 Å². The average Bonchev–Trinajstić information content (AvgIpc) is 2.65. The molecule has 78 valence electrons. The van der Waals surface area contributed by atoms with Gasteiger partial charge in [0.1, 0.15) is 0 Å². The normalized spacial score (nSPS) is 27.9. The lowest BCUT2D eigenvalue weighted by Crippen LogP contribution is -2.35. The van der Waals surface area contributed by atoms with Crippen LogP contribution in [-0.4, -0.2) is 18.3 Å². The molecule has 0 radical (unpaired) electrons. The molecule has 1 aromatic rings. The van der Waals surface area contributed by atoms with Crippen molar-refractivity contribution in [2.24, 2.45) is 5.92 Å². The Morgan fingerprint density at radius 1 is 1.64 bits per heavy atom. The van der Waals surface area contributed by atoms with Gasteiger partial charge >= 0.3 is 0 Å². The molecule has 0 amide bonds. The molecule has 0 spiro atoms. The molecule has 3 heteroatoms. The molecule has 0 aliphatic carbocycles. The third-order valence-corrected chi connectivity index (χ3v) is 4.01. The number of aryl methyl sites for hydroxylation is 1. The maximum absolute atomic E-state index is 9.29. The fraction of sp³-hybridized carbons (Fsp3) is 0.636. The quantitative estimate of drug-likeness (QED) is 0.785. The number of hydrogen-bond acceptors (Lipinski definition) is 3. The first kappa shape index (κ1) is 10.1. The number of thiophene rings is 1. The molecule has 1 fully saturated rings. The zero-order valence-corrected chi connectivity index (χ0v) is 9.31. The fourth-order valence-electron chi connectivity index (χ4n) is 2.10. The van der Waals surface area contributed by atoms with Crippen LogP contribution in [0.15, 0.2) is 11.4 Å². The molecule has 2 N–H and O–H groups in total. The molecule has 2 nitrogen and oxygen atoms in total. The molecule has 2 heterocycles. The predicted molar refractivity (Wildman–Crippen MR) is 59.6 cm³/mol. The Bertz CT molecular complexity index is 297. The third kappa shape index (κ3) is 2.00. The highest BCUT2D eigenvalue weighted by Gasteiger charge is 2.26. The summed E-state index contributed by atoms with van der Waals surface area (Å²) in [4.78, 5) is 1.38. The van der Waals surface area contributed by atoms with E-state index in [1.807, 2.05) is 0 Å². The van der Waals surface area contributed by atoms with Crippen LogP contribution in [0, 0.1) is 12.8 Å². The highest BCUT2D eigenvalue weighted by Crippen LogP contribution is 2.32. The van der Waals surface area contributed by atoms with Crippen molar-refractivity contribution in [1.82, 2.24) is 5.32 Å². The van der Waals surface area contributed by atoms with E-state index in [1.54, 1.807) is 11.3 Å². The molecule has 14 heavy (non-hydrogen) atoms.